The predicted octanol–water partition coefficient (Wildman–Crippen LogP) is 0.993. The number of ether oxygens (including phenoxy) is 1. The molecular weight excluding hydrogens is 258 g/mol. The van der Waals surface area contributed by atoms with Crippen LogP contribution in [-0.4, -0.2) is 39.6 Å². The van der Waals surface area contributed by atoms with Crippen molar-refractivity contribution in [3.05, 3.63) is 23.8 Å². The fourth-order valence-electron chi connectivity index (χ4n) is 1.72. The summed E-state index contributed by atoms with van der Waals surface area (Å²) in [4.78, 5) is 23.6. The summed E-state index contributed by atoms with van der Waals surface area (Å²) in [6, 6.07) is 4.97. The lowest BCUT2D eigenvalue weighted by Crippen LogP contribution is -2.22. The smallest absolute Gasteiger partial charge is 0.253 e. The number of carbonyl (C=O) groups excluding carboxylic acids is 2. The van der Waals surface area contributed by atoms with Gasteiger partial charge in [-0.3, -0.25) is 9.59 Å². The Kier molecular flexibility index (Phi) is 6.52. The number of hydrogen-bond donors (Lipinski definition) is 3. The number of carbonyl (C=O) groups is 2. The number of nitrogens with one attached hydrogen (secondary N) is 3. The maximum Gasteiger partial charge on any atom is 0.253 e. The minimum Gasteiger partial charge on any atom is -0.497 e. The van der Waals surface area contributed by atoms with Crippen LogP contribution in [-0.2, 0) is 4.79 Å². The molecule has 6 nitrogen and oxygen atoms in total. The molecule has 0 bridgehead atoms. The fourth-order valence-corrected chi connectivity index (χ4v) is 1.72. The van der Waals surface area contributed by atoms with Gasteiger partial charge in [-0.1, -0.05) is 0 Å². The van der Waals surface area contributed by atoms with E-state index in [2.05, 4.69) is 16.0 Å². The third-order valence-electron chi connectivity index (χ3n) is 2.80. The molecule has 0 saturated carbocycles. The molecule has 0 radical (unpaired) electrons. The first-order valence-corrected chi connectivity index (χ1v) is 6.47. The fraction of sp³-hybridized carbons (Fsp3) is 0.429. The second-order valence-corrected chi connectivity index (χ2v) is 4.25. The number of rotatable bonds is 7. The van der Waals surface area contributed by atoms with Gasteiger partial charge in [-0.15, -0.1) is 0 Å². The lowest BCUT2D eigenvalue weighted by molar-refractivity contribution is -0.116. The van der Waals surface area contributed by atoms with Crippen LogP contribution in [0.3, 0.4) is 0 Å². The van der Waals surface area contributed by atoms with E-state index >= 15 is 0 Å². The summed E-state index contributed by atoms with van der Waals surface area (Å²) in [5.74, 6) is 0.182. The van der Waals surface area contributed by atoms with E-state index < -0.39 is 0 Å². The Bertz CT molecular complexity index is 475. The van der Waals surface area contributed by atoms with Crippen molar-refractivity contribution in [3.8, 4) is 5.75 Å². The summed E-state index contributed by atoms with van der Waals surface area (Å²) in [6.45, 7) is 0.776. The van der Waals surface area contributed by atoms with Gasteiger partial charge in [0.15, 0.2) is 0 Å². The summed E-state index contributed by atoms with van der Waals surface area (Å²) in [7, 11) is 4.91. The molecule has 0 aliphatic rings. The SMILES string of the molecule is CNCCCC(=O)Nc1ccc(OC)cc1C(=O)NC. The molecule has 1 aromatic carbocycles. The minimum atomic E-state index is -0.269. The normalized spacial score (nSPS) is 9.95. The molecule has 0 aromatic heterocycles. The highest BCUT2D eigenvalue weighted by molar-refractivity contribution is 6.04. The third kappa shape index (κ3) is 4.55. The van der Waals surface area contributed by atoms with Crippen molar-refractivity contribution < 1.29 is 14.3 Å². The Labute approximate surface area is 118 Å². The van der Waals surface area contributed by atoms with Crippen LogP contribution in [0.2, 0.25) is 0 Å². The third-order valence-corrected chi connectivity index (χ3v) is 2.80. The largest absolute Gasteiger partial charge is 0.497 e. The molecule has 1 aromatic rings. The van der Waals surface area contributed by atoms with Crippen LogP contribution in [0.4, 0.5) is 5.69 Å². The van der Waals surface area contributed by atoms with Crippen molar-refractivity contribution in [1.29, 1.82) is 0 Å². The molecule has 110 valence electrons. The predicted molar refractivity (Wildman–Crippen MR) is 78.2 cm³/mol. The van der Waals surface area contributed by atoms with Crippen molar-refractivity contribution >= 4 is 17.5 Å². The Morgan fingerprint density at radius 2 is 2.00 bits per heavy atom. The van der Waals surface area contributed by atoms with E-state index in [0.29, 0.717) is 23.4 Å². The van der Waals surface area contributed by atoms with Crippen molar-refractivity contribution in [2.45, 2.75) is 12.8 Å². The molecule has 20 heavy (non-hydrogen) atoms. The molecule has 0 fully saturated rings. The first-order valence-electron chi connectivity index (χ1n) is 6.47. The number of methoxy groups -OCH3 is 1. The summed E-state index contributed by atoms with van der Waals surface area (Å²) in [5.41, 5.74) is 0.869. The van der Waals surface area contributed by atoms with E-state index in [9.17, 15) is 9.59 Å². The second kappa shape index (κ2) is 8.16. The van der Waals surface area contributed by atoms with E-state index in [4.69, 9.17) is 4.74 Å². The molecule has 1 rings (SSSR count). The molecule has 0 spiro atoms. The summed E-state index contributed by atoms with van der Waals surface area (Å²) in [6.07, 6.45) is 1.15. The lowest BCUT2D eigenvalue weighted by Gasteiger charge is -2.11. The number of anilines is 1. The van der Waals surface area contributed by atoms with E-state index in [1.54, 1.807) is 25.2 Å². The van der Waals surface area contributed by atoms with Gasteiger partial charge in [0.05, 0.1) is 18.4 Å². The van der Waals surface area contributed by atoms with Gasteiger partial charge in [-0.2, -0.15) is 0 Å². The topological polar surface area (TPSA) is 79.5 Å². The zero-order chi connectivity index (χ0) is 15.0. The standard InChI is InChI=1S/C14H21N3O3/c1-15-8-4-5-13(18)17-12-7-6-10(20-3)9-11(12)14(19)16-2/h6-7,9,15H,4-5,8H2,1-3H3,(H,16,19)(H,17,18). The Morgan fingerprint density at radius 1 is 1.25 bits per heavy atom. The molecule has 0 atom stereocenters. The molecule has 6 heteroatoms. The average molecular weight is 279 g/mol. The zero-order valence-electron chi connectivity index (χ0n) is 12.1. The molecule has 3 N–H and O–H groups in total. The quantitative estimate of drug-likeness (QED) is 0.650. The van der Waals surface area contributed by atoms with E-state index in [1.807, 2.05) is 7.05 Å². The summed E-state index contributed by atoms with van der Waals surface area (Å²) in [5, 5.41) is 8.28. The highest BCUT2D eigenvalue weighted by Crippen LogP contribution is 2.22. The maximum absolute atomic E-state index is 11.8. The minimum absolute atomic E-state index is 0.115. The van der Waals surface area contributed by atoms with Gasteiger partial charge < -0.3 is 20.7 Å². The highest BCUT2D eigenvalue weighted by atomic mass is 16.5. The highest BCUT2D eigenvalue weighted by Gasteiger charge is 2.13. The molecule has 0 aliphatic carbocycles. The van der Waals surface area contributed by atoms with Crippen LogP contribution < -0.4 is 20.7 Å². The van der Waals surface area contributed by atoms with Crippen LogP contribution in [0.25, 0.3) is 0 Å². The second-order valence-electron chi connectivity index (χ2n) is 4.25. The van der Waals surface area contributed by atoms with E-state index in [1.165, 1.54) is 7.11 Å². The van der Waals surface area contributed by atoms with Crippen LogP contribution in [0.15, 0.2) is 18.2 Å². The van der Waals surface area contributed by atoms with Crippen molar-refractivity contribution in [3.63, 3.8) is 0 Å². The van der Waals surface area contributed by atoms with Crippen molar-refractivity contribution in [2.75, 3.05) is 33.1 Å². The van der Waals surface area contributed by atoms with Crippen LogP contribution in [0.5, 0.6) is 5.75 Å². The van der Waals surface area contributed by atoms with Crippen LogP contribution in [0.1, 0.15) is 23.2 Å². The Morgan fingerprint density at radius 3 is 2.60 bits per heavy atom. The van der Waals surface area contributed by atoms with Gasteiger partial charge in [0, 0.05) is 13.5 Å². The van der Waals surface area contributed by atoms with Gasteiger partial charge in [0.25, 0.3) is 5.91 Å². The van der Waals surface area contributed by atoms with Gasteiger partial charge in [0.1, 0.15) is 5.75 Å². The van der Waals surface area contributed by atoms with Crippen LogP contribution >= 0.6 is 0 Å². The summed E-state index contributed by atoms with van der Waals surface area (Å²) >= 11 is 0. The van der Waals surface area contributed by atoms with Gasteiger partial charge in [-0.25, -0.2) is 0 Å². The summed E-state index contributed by atoms with van der Waals surface area (Å²) < 4.78 is 5.09. The number of hydrogen-bond acceptors (Lipinski definition) is 4. The van der Waals surface area contributed by atoms with Gasteiger partial charge in [-0.05, 0) is 38.2 Å². The first kappa shape index (κ1) is 16.0. The molecule has 0 heterocycles. The molecular formula is C14H21N3O3. The molecule has 0 saturated heterocycles. The van der Waals surface area contributed by atoms with Gasteiger partial charge >= 0.3 is 0 Å². The molecule has 0 unspecified atom stereocenters. The van der Waals surface area contributed by atoms with Gasteiger partial charge in [0.2, 0.25) is 5.91 Å². The number of benzene rings is 1. The first-order chi connectivity index (χ1) is 9.62. The van der Waals surface area contributed by atoms with Crippen molar-refractivity contribution in [1.82, 2.24) is 10.6 Å². The molecule has 0 aliphatic heterocycles. The lowest BCUT2D eigenvalue weighted by atomic mass is 10.1. The molecule has 2 amide bonds. The Hall–Kier alpha value is -2.08. The monoisotopic (exact) mass is 279 g/mol. The number of amides is 2. The Balaban J connectivity index is 2.82. The van der Waals surface area contributed by atoms with Crippen molar-refractivity contribution in [2.24, 2.45) is 0 Å². The van der Waals surface area contributed by atoms with Crippen LogP contribution in [0, 0.1) is 0 Å². The van der Waals surface area contributed by atoms with E-state index in [-0.39, 0.29) is 11.8 Å². The zero-order valence-corrected chi connectivity index (χ0v) is 12.1. The average Bonchev–Trinajstić information content (AvgIpc) is 2.47. The van der Waals surface area contributed by atoms with E-state index in [0.717, 1.165) is 13.0 Å². The maximum atomic E-state index is 11.8.